The van der Waals surface area contributed by atoms with Crippen molar-refractivity contribution in [3.05, 3.63) is 40.3 Å². The number of hydrogen-bond donors (Lipinski definition) is 2. The van der Waals surface area contributed by atoms with Gasteiger partial charge in [0.1, 0.15) is 11.5 Å². The molecular weight excluding hydrogens is 423 g/mol. The van der Waals surface area contributed by atoms with Crippen LogP contribution in [0.4, 0.5) is 18.0 Å². The van der Waals surface area contributed by atoms with Crippen LogP contribution in [0.15, 0.2) is 18.2 Å². The van der Waals surface area contributed by atoms with Crippen LogP contribution in [0.2, 0.25) is 5.02 Å². The molecule has 0 unspecified atom stereocenters. The second kappa shape index (κ2) is 7.82. The highest BCUT2D eigenvalue weighted by Gasteiger charge is 2.39. The van der Waals surface area contributed by atoms with Crippen molar-refractivity contribution in [1.29, 1.82) is 0 Å². The van der Waals surface area contributed by atoms with Crippen molar-refractivity contribution in [2.75, 3.05) is 6.54 Å². The minimum Gasteiger partial charge on any atom is -0.365 e. The maximum atomic E-state index is 13.5. The molecule has 1 aromatic heterocycles. The third-order valence-corrected chi connectivity index (χ3v) is 5.96. The zero-order valence-corrected chi connectivity index (χ0v) is 16.5. The van der Waals surface area contributed by atoms with Crippen LogP contribution in [-0.4, -0.2) is 45.6 Å². The minimum atomic E-state index is -2.47. The Labute approximate surface area is 175 Å². The second-order valence-electron chi connectivity index (χ2n) is 7.44. The smallest absolute Gasteiger partial charge is 0.318 e. The van der Waals surface area contributed by atoms with Gasteiger partial charge < -0.3 is 16.0 Å². The summed E-state index contributed by atoms with van der Waals surface area (Å²) in [6, 6.07) is 2.92. The molecule has 0 saturated heterocycles. The van der Waals surface area contributed by atoms with Gasteiger partial charge in [0.15, 0.2) is 0 Å². The van der Waals surface area contributed by atoms with Gasteiger partial charge in [-0.2, -0.15) is 5.10 Å². The number of fused-ring (bicyclic) bond motifs is 1. The van der Waals surface area contributed by atoms with E-state index in [1.54, 1.807) is 4.68 Å². The number of primary amides is 1. The highest BCUT2D eigenvalue weighted by atomic mass is 35.5. The molecule has 2 atom stereocenters. The van der Waals surface area contributed by atoms with Gasteiger partial charge in [-0.15, -0.1) is 0 Å². The molecular formula is C19H19ClF3N5O2. The average Bonchev–Trinajstić information content (AvgIpc) is 3.05. The normalized spacial score (nSPS) is 20.6. The van der Waals surface area contributed by atoms with Gasteiger partial charge in [-0.25, -0.2) is 18.0 Å². The molecule has 7 nitrogen and oxygen atoms in total. The zero-order valence-electron chi connectivity index (χ0n) is 15.7. The Morgan fingerprint density at radius 3 is 2.63 bits per heavy atom. The summed E-state index contributed by atoms with van der Waals surface area (Å²) in [4.78, 5) is 26.2. The molecule has 4 rings (SSSR count). The van der Waals surface area contributed by atoms with E-state index in [0.717, 1.165) is 0 Å². The molecule has 30 heavy (non-hydrogen) atoms. The Morgan fingerprint density at radius 2 is 2.03 bits per heavy atom. The topological polar surface area (TPSA) is 93.2 Å². The Balaban J connectivity index is 1.58. The molecule has 2 aromatic rings. The van der Waals surface area contributed by atoms with E-state index in [2.05, 4.69) is 10.4 Å². The number of alkyl halides is 2. The summed E-state index contributed by atoms with van der Waals surface area (Å²) in [5, 5.41) is 6.94. The number of rotatable bonds is 4. The Hall–Kier alpha value is -2.75. The molecule has 1 fully saturated rings. The lowest BCUT2D eigenvalue weighted by molar-refractivity contribution is 0.00917. The summed E-state index contributed by atoms with van der Waals surface area (Å²) >= 11 is 5.85. The first-order valence-corrected chi connectivity index (χ1v) is 9.82. The minimum absolute atomic E-state index is 0.0398. The van der Waals surface area contributed by atoms with Gasteiger partial charge in [0.25, 0.3) is 5.91 Å². The van der Waals surface area contributed by atoms with Crippen molar-refractivity contribution in [3.63, 3.8) is 0 Å². The molecule has 160 valence electrons. The van der Waals surface area contributed by atoms with Gasteiger partial charge in [-0.05, 0) is 31.0 Å². The van der Waals surface area contributed by atoms with Crippen molar-refractivity contribution < 1.29 is 22.8 Å². The first-order chi connectivity index (χ1) is 14.3. The third-order valence-electron chi connectivity index (χ3n) is 5.67. The predicted molar refractivity (Wildman–Crippen MR) is 103 cm³/mol. The average molecular weight is 442 g/mol. The summed E-state index contributed by atoms with van der Waals surface area (Å²) in [7, 11) is 0. The van der Waals surface area contributed by atoms with Gasteiger partial charge in [-0.1, -0.05) is 11.6 Å². The van der Waals surface area contributed by atoms with E-state index in [9.17, 15) is 22.8 Å². The van der Waals surface area contributed by atoms with Crippen LogP contribution >= 0.6 is 11.6 Å². The van der Waals surface area contributed by atoms with Crippen LogP contribution in [0.3, 0.4) is 0 Å². The quantitative estimate of drug-likeness (QED) is 0.763. The number of benzene rings is 1. The molecule has 1 aliphatic heterocycles. The fraction of sp³-hybridized carbons (Fsp3) is 0.421. The van der Waals surface area contributed by atoms with Gasteiger partial charge in [0.05, 0.1) is 29.4 Å². The molecule has 2 heterocycles. The number of nitrogens with zero attached hydrogens (tertiary/aromatic N) is 3. The van der Waals surface area contributed by atoms with Crippen LogP contribution in [0.5, 0.6) is 0 Å². The van der Waals surface area contributed by atoms with Crippen LogP contribution in [0.1, 0.15) is 28.9 Å². The largest absolute Gasteiger partial charge is 0.365 e. The van der Waals surface area contributed by atoms with Crippen molar-refractivity contribution in [1.82, 2.24) is 20.0 Å². The first-order valence-electron chi connectivity index (χ1n) is 9.44. The van der Waals surface area contributed by atoms with E-state index in [1.165, 1.54) is 23.1 Å². The fourth-order valence-corrected chi connectivity index (χ4v) is 4.03. The lowest BCUT2D eigenvalue weighted by atomic mass is 9.80. The van der Waals surface area contributed by atoms with Crippen molar-refractivity contribution >= 4 is 23.5 Å². The summed E-state index contributed by atoms with van der Waals surface area (Å²) in [5.41, 5.74) is 6.78. The summed E-state index contributed by atoms with van der Waals surface area (Å²) in [5.74, 6) is -2.18. The van der Waals surface area contributed by atoms with Crippen LogP contribution in [0, 0.1) is 11.7 Å². The molecule has 3 N–H and O–H groups in total. The maximum absolute atomic E-state index is 13.5. The number of urea groups is 1. The first kappa shape index (κ1) is 20.5. The Kier molecular flexibility index (Phi) is 5.35. The monoisotopic (exact) mass is 441 g/mol. The van der Waals surface area contributed by atoms with Gasteiger partial charge >= 0.3 is 6.03 Å². The van der Waals surface area contributed by atoms with Crippen molar-refractivity contribution in [2.24, 2.45) is 11.7 Å². The lowest BCUT2D eigenvalue weighted by Crippen LogP contribution is -2.54. The number of nitrogens with one attached hydrogen (secondary N) is 1. The zero-order chi connectivity index (χ0) is 21.6. The molecule has 0 radical (unpaired) electrons. The van der Waals surface area contributed by atoms with E-state index >= 15 is 0 Å². The van der Waals surface area contributed by atoms with E-state index in [1.807, 2.05) is 0 Å². The van der Waals surface area contributed by atoms with Crippen LogP contribution in [-0.2, 0) is 13.1 Å². The number of amides is 3. The Morgan fingerprint density at radius 1 is 1.27 bits per heavy atom. The SMILES string of the molecule is NC(=O)c1c(-c2ccc(F)c(Cl)c2)nn2c1CN(C(=O)N[C@@H]1CC[C@@H]1C(F)F)CC2. The lowest BCUT2D eigenvalue weighted by Gasteiger charge is -2.38. The molecule has 11 heteroatoms. The molecule has 1 saturated carbocycles. The Bertz CT molecular complexity index is 1010. The third kappa shape index (κ3) is 3.60. The number of hydrogen-bond acceptors (Lipinski definition) is 3. The van der Waals surface area contributed by atoms with E-state index in [4.69, 9.17) is 17.3 Å². The number of carbonyl (C=O) groups excluding carboxylic acids is 2. The standard InChI is InChI=1S/C19H19ClF3N5O2/c20-11-7-9(1-3-12(11)21)16-15(18(24)29)14-8-27(5-6-28(14)26-16)19(30)25-13-4-2-10(13)17(22)23/h1,3,7,10,13,17H,2,4-6,8H2,(H2,24,29)(H,25,30)/t10-,13+/m0/s1. The van der Waals surface area contributed by atoms with Crippen LogP contribution in [0.25, 0.3) is 11.3 Å². The molecule has 2 aliphatic rings. The van der Waals surface area contributed by atoms with E-state index in [-0.39, 0.29) is 29.4 Å². The summed E-state index contributed by atoms with van der Waals surface area (Å²) in [6.07, 6.45) is -1.59. The highest BCUT2D eigenvalue weighted by molar-refractivity contribution is 6.31. The maximum Gasteiger partial charge on any atom is 0.318 e. The van der Waals surface area contributed by atoms with Gasteiger partial charge in [0, 0.05) is 24.1 Å². The molecule has 3 amide bonds. The molecule has 1 aliphatic carbocycles. The van der Waals surface area contributed by atoms with Crippen LogP contribution < -0.4 is 11.1 Å². The van der Waals surface area contributed by atoms with E-state index in [0.29, 0.717) is 30.6 Å². The number of nitrogens with two attached hydrogens (primary N) is 1. The predicted octanol–water partition coefficient (Wildman–Crippen LogP) is 3.01. The highest BCUT2D eigenvalue weighted by Crippen LogP contribution is 2.34. The molecule has 0 bridgehead atoms. The van der Waals surface area contributed by atoms with E-state index < -0.39 is 36.1 Å². The number of carbonyl (C=O) groups is 2. The number of aromatic nitrogens is 2. The summed E-state index contributed by atoms with van der Waals surface area (Å²) in [6.45, 7) is 0.618. The van der Waals surface area contributed by atoms with Crippen molar-refractivity contribution in [3.8, 4) is 11.3 Å². The molecule has 0 spiro atoms. The fourth-order valence-electron chi connectivity index (χ4n) is 3.85. The molecule has 1 aromatic carbocycles. The summed E-state index contributed by atoms with van der Waals surface area (Å²) < 4.78 is 40.9. The number of halogens is 4. The second-order valence-corrected chi connectivity index (χ2v) is 7.85. The van der Waals surface area contributed by atoms with Gasteiger partial charge in [0.2, 0.25) is 6.43 Å². The van der Waals surface area contributed by atoms with Crippen molar-refractivity contribution in [2.45, 2.75) is 38.4 Å². The van der Waals surface area contributed by atoms with Gasteiger partial charge in [-0.3, -0.25) is 9.48 Å².